The molecule has 1 rings (SSSR count). The molecule has 0 saturated heterocycles. The minimum absolute atomic E-state index is 0.318. The van der Waals surface area contributed by atoms with E-state index in [0.717, 1.165) is 11.3 Å². The van der Waals surface area contributed by atoms with Crippen molar-refractivity contribution >= 4 is 0 Å². The lowest BCUT2D eigenvalue weighted by atomic mass is 10.1. The Hall–Kier alpha value is -1.02. The second-order valence-electron chi connectivity index (χ2n) is 2.86. The number of aliphatic hydroxyl groups excluding tert-OH is 1. The molecule has 2 nitrogen and oxygen atoms in total. The highest BCUT2D eigenvalue weighted by atomic mass is 16.5. The molecule has 0 aliphatic carbocycles. The summed E-state index contributed by atoms with van der Waals surface area (Å²) in [7, 11) is 1.64. The maximum Gasteiger partial charge on any atom is 0.122 e. The molecule has 12 heavy (non-hydrogen) atoms. The second kappa shape index (κ2) is 4.12. The van der Waals surface area contributed by atoms with Crippen LogP contribution in [0.2, 0.25) is 0 Å². The van der Waals surface area contributed by atoms with E-state index in [0.29, 0.717) is 6.42 Å². The summed E-state index contributed by atoms with van der Waals surface area (Å²) in [5, 5.41) is 9.17. The number of rotatable bonds is 3. The Morgan fingerprint density at radius 2 is 2.08 bits per heavy atom. The summed E-state index contributed by atoms with van der Waals surface area (Å²) < 4.78 is 5.14. The molecule has 0 aromatic heterocycles. The molecule has 66 valence electrons. The molecular weight excluding hydrogens is 152 g/mol. The van der Waals surface area contributed by atoms with Crippen molar-refractivity contribution < 1.29 is 9.84 Å². The van der Waals surface area contributed by atoms with Crippen LogP contribution in [0.15, 0.2) is 24.3 Å². The molecule has 1 atom stereocenters. The van der Waals surface area contributed by atoms with Gasteiger partial charge in [0, 0.05) is 6.42 Å². The summed E-state index contributed by atoms with van der Waals surface area (Å²) in [6.07, 6.45) is 0.325. The molecule has 0 amide bonds. The molecule has 1 aromatic rings. The lowest BCUT2D eigenvalue weighted by Crippen LogP contribution is -2.05. The van der Waals surface area contributed by atoms with Gasteiger partial charge < -0.3 is 9.84 Å². The molecule has 2 heteroatoms. The van der Waals surface area contributed by atoms with Crippen molar-refractivity contribution in [1.82, 2.24) is 0 Å². The van der Waals surface area contributed by atoms with Gasteiger partial charge in [-0.3, -0.25) is 0 Å². The first-order chi connectivity index (χ1) is 5.74. The molecule has 1 aromatic carbocycles. The average molecular weight is 166 g/mol. The van der Waals surface area contributed by atoms with Crippen LogP contribution in [-0.2, 0) is 6.42 Å². The van der Waals surface area contributed by atoms with Crippen molar-refractivity contribution in [3.05, 3.63) is 29.8 Å². The minimum Gasteiger partial charge on any atom is -0.496 e. The van der Waals surface area contributed by atoms with E-state index in [1.165, 1.54) is 0 Å². The summed E-state index contributed by atoms with van der Waals surface area (Å²) in [5.74, 6) is 0.846. The monoisotopic (exact) mass is 166 g/mol. The Kier molecular flexibility index (Phi) is 3.11. The van der Waals surface area contributed by atoms with Crippen LogP contribution in [0.1, 0.15) is 12.5 Å². The van der Waals surface area contributed by atoms with E-state index in [4.69, 9.17) is 4.74 Å². The largest absolute Gasteiger partial charge is 0.496 e. The molecular formula is C10H14O2. The van der Waals surface area contributed by atoms with E-state index < -0.39 is 0 Å². The Morgan fingerprint density at radius 3 is 2.67 bits per heavy atom. The minimum atomic E-state index is -0.318. The van der Waals surface area contributed by atoms with E-state index >= 15 is 0 Å². The lowest BCUT2D eigenvalue weighted by molar-refractivity contribution is 0.194. The Balaban J connectivity index is 2.82. The smallest absolute Gasteiger partial charge is 0.122 e. The van der Waals surface area contributed by atoms with Gasteiger partial charge in [0.1, 0.15) is 5.75 Å². The van der Waals surface area contributed by atoms with E-state index in [1.54, 1.807) is 14.0 Å². The lowest BCUT2D eigenvalue weighted by Gasteiger charge is -2.08. The van der Waals surface area contributed by atoms with Crippen LogP contribution >= 0.6 is 0 Å². The predicted molar refractivity (Wildman–Crippen MR) is 48.4 cm³/mol. The number of hydrogen-bond acceptors (Lipinski definition) is 2. The molecule has 0 aliphatic rings. The zero-order valence-corrected chi connectivity index (χ0v) is 7.45. The summed E-state index contributed by atoms with van der Waals surface area (Å²) in [5.41, 5.74) is 1.05. The number of para-hydroxylation sites is 1. The normalized spacial score (nSPS) is 12.6. The molecule has 0 bridgehead atoms. The third kappa shape index (κ3) is 2.24. The third-order valence-electron chi connectivity index (χ3n) is 1.71. The van der Waals surface area contributed by atoms with Crippen molar-refractivity contribution in [3.8, 4) is 5.75 Å². The van der Waals surface area contributed by atoms with Crippen molar-refractivity contribution in [2.45, 2.75) is 19.4 Å². The standard InChI is InChI=1S/C10H14O2/c1-8(11)7-9-5-3-4-6-10(9)12-2/h3-6,8,11H,7H2,1-2H3/t8-/m1/s1. The van der Waals surface area contributed by atoms with Crippen molar-refractivity contribution in [1.29, 1.82) is 0 Å². The molecule has 1 N–H and O–H groups in total. The van der Waals surface area contributed by atoms with Crippen molar-refractivity contribution in [3.63, 3.8) is 0 Å². The molecule has 0 unspecified atom stereocenters. The maximum atomic E-state index is 9.17. The molecule has 0 fully saturated rings. The Labute approximate surface area is 72.8 Å². The van der Waals surface area contributed by atoms with Gasteiger partial charge in [-0.15, -0.1) is 0 Å². The van der Waals surface area contributed by atoms with Gasteiger partial charge in [-0.1, -0.05) is 18.2 Å². The molecule has 0 aliphatic heterocycles. The zero-order chi connectivity index (χ0) is 8.97. The highest BCUT2D eigenvalue weighted by Gasteiger charge is 2.03. The highest BCUT2D eigenvalue weighted by molar-refractivity contribution is 5.33. The number of methoxy groups -OCH3 is 1. The quantitative estimate of drug-likeness (QED) is 0.739. The van der Waals surface area contributed by atoms with Gasteiger partial charge in [-0.2, -0.15) is 0 Å². The van der Waals surface area contributed by atoms with E-state index in [9.17, 15) is 5.11 Å². The fraction of sp³-hybridized carbons (Fsp3) is 0.400. The van der Waals surface area contributed by atoms with Gasteiger partial charge >= 0.3 is 0 Å². The average Bonchev–Trinajstić information content (AvgIpc) is 2.04. The summed E-state index contributed by atoms with van der Waals surface area (Å²) in [6.45, 7) is 1.77. The summed E-state index contributed by atoms with van der Waals surface area (Å²) in [6, 6.07) is 7.73. The highest BCUT2D eigenvalue weighted by Crippen LogP contribution is 2.18. The zero-order valence-electron chi connectivity index (χ0n) is 7.45. The van der Waals surface area contributed by atoms with Crippen LogP contribution in [0, 0.1) is 0 Å². The van der Waals surface area contributed by atoms with E-state index in [2.05, 4.69) is 0 Å². The molecule has 0 saturated carbocycles. The van der Waals surface area contributed by atoms with Gasteiger partial charge in [0.25, 0.3) is 0 Å². The number of benzene rings is 1. The first-order valence-corrected chi connectivity index (χ1v) is 4.04. The van der Waals surface area contributed by atoms with Gasteiger partial charge in [0.2, 0.25) is 0 Å². The fourth-order valence-corrected chi connectivity index (χ4v) is 1.19. The van der Waals surface area contributed by atoms with Crippen LogP contribution in [0.4, 0.5) is 0 Å². The fourth-order valence-electron chi connectivity index (χ4n) is 1.19. The Bertz CT molecular complexity index is 243. The van der Waals surface area contributed by atoms with Crippen LogP contribution in [-0.4, -0.2) is 18.3 Å². The molecule has 0 radical (unpaired) electrons. The molecule has 0 heterocycles. The van der Waals surface area contributed by atoms with Crippen LogP contribution in [0.5, 0.6) is 5.75 Å². The van der Waals surface area contributed by atoms with Crippen LogP contribution in [0.3, 0.4) is 0 Å². The molecule has 0 spiro atoms. The topological polar surface area (TPSA) is 29.5 Å². The maximum absolute atomic E-state index is 9.17. The number of aliphatic hydroxyl groups is 1. The van der Waals surface area contributed by atoms with E-state index in [-0.39, 0.29) is 6.10 Å². The summed E-state index contributed by atoms with van der Waals surface area (Å²) in [4.78, 5) is 0. The first-order valence-electron chi connectivity index (χ1n) is 4.04. The van der Waals surface area contributed by atoms with Crippen molar-refractivity contribution in [2.24, 2.45) is 0 Å². The summed E-state index contributed by atoms with van der Waals surface area (Å²) >= 11 is 0. The van der Waals surface area contributed by atoms with Crippen molar-refractivity contribution in [2.75, 3.05) is 7.11 Å². The van der Waals surface area contributed by atoms with Crippen LogP contribution in [0.25, 0.3) is 0 Å². The van der Waals surface area contributed by atoms with Crippen LogP contribution < -0.4 is 4.74 Å². The van der Waals surface area contributed by atoms with E-state index in [1.807, 2.05) is 24.3 Å². The SMILES string of the molecule is COc1ccccc1C[C@@H](C)O. The van der Waals surface area contributed by atoms with Gasteiger partial charge in [-0.25, -0.2) is 0 Å². The predicted octanol–water partition coefficient (Wildman–Crippen LogP) is 1.62. The second-order valence-corrected chi connectivity index (χ2v) is 2.86. The number of hydrogen-bond donors (Lipinski definition) is 1. The first kappa shape index (κ1) is 9.07. The number of ether oxygens (including phenoxy) is 1. The van der Waals surface area contributed by atoms with Gasteiger partial charge in [-0.05, 0) is 18.6 Å². The van der Waals surface area contributed by atoms with Gasteiger partial charge in [0.15, 0.2) is 0 Å². The Morgan fingerprint density at radius 1 is 1.42 bits per heavy atom. The van der Waals surface area contributed by atoms with Gasteiger partial charge in [0.05, 0.1) is 13.2 Å². The third-order valence-corrected chi connectivity index (χ3v) is 1.71.